The maximum atomic E-state index is 13.4. The van der Waals surface area contributed by atoms with E-state index in [1.54, 1.807) is 12.1 Å². The molecule has 140 valence electrons. The van der Waals surface area contributed by atoms with E-state index in [-0.39, 0.29) is 17.5 Å². The Labute approximate surface area is 166 Å². The molecule has 0 saturated carbocycles. The van der Waals surface area contributed by atoms with Gasteiger partial charge in [-0.15, -0.1) is 0 Å². The van der Waals surface area contributed by atoms with E-state index in [0.29, 0.717) is 11.1 Å². The molecule has 0 aromatic heterocycles. The molecular weight excluding hydrogens is 344 g/mol. The van der Waals surface area contributed by atoms with Crippen LogP contribution in [-0.4, -0.2) is 11.6 Å². The largest absolute Gasteiger partial charge is 0.293 e. The Morgan fingerprint density at radius 1 is 0.571 bits per heavy atom. The van der Waals surface area contributed by atoms with Crippen molar-refractivity contribution in [2.75, 3.05) is 0 Å². The van der Waals surface area contributed by atoms with Gasteiger partial charge in [-0.1, -0.05) is 60.7 Å². The summed E-state index contributed by atoms with van der Waals surface area (Å²) in [5, 5.41) is 0. The Morgan fingerprint density at radius 2 is 0.929 bits per heavy atom. The average molecular weight is 368 g/mol. The Morgan fingerprint density at radius 3 is 1.29 bits per heavy atom. The number of carbonyl (C=O) groups excluding carboxylic acids is 2. The van der Waals surface area contributed by atoms with Crippen LogP contribution in [0.4, 0.5) is 0 Å². The quantitative estimate of drug-likeness (QED) is 0.552. The molecule has 0 amide bonds. The first-order valence-electron chi connectivity index (χ1n) is 9.71. The Hall–Kier alpha value is -3.00. The standard InChI is InChI=1S/C26H24O2/c1-15-9-7-10-16(2)21(15)23(22-17(3)11-8-12-18(22)4)24-25(27)19-13-5-6-14-20(19)26(24)28/h5-14,23-24H,1-4H3. The van der Waals surface area contributed by atoms with Gasteiger partial charge in [-0.05, 0) is 61.1 Å². The summed E-state index contributed by atoms with van der Waals surface area (Å²) < 4.78 is 0. The molecule has 0 atom stereocenters. The van der Waals surface area contributed by atoms with E-state index in [0.717, 1.165) is 33.4 Å². The third-order valence-electron chi connectivity index (χ3n) is 6.06. The van der Waals surface area contributed by atoms with Gasteiger partial charge < -0.3 is 0 Å². The van der Waals surface area contributed by atoms with E-state index in [2.05, 4.69) is 52.0 Å². The van der Waals surface area contributed by atoms with Crippen LogP contribution in [0.2, 0.25) is 0 Å². The summed E-state index contributed by atoms with van der Waals surface area (Å²) in [6.45, 7) is 8.28. The van der Waals surface area contributed by atoms with Gasteiger partial charge in [-0.2, -0.15) is 0 Å². The highest BCUT2D eigenvalue weighted by Gasteiger charge is 2.45. The Balaban J connectivity index is 2.01. The maximum Gasteiger partial charge on any atom is 0.175 e. The molecule has 1 aliphatic rings. The number of aryl methyl sites for hydroxylation is 4. The lowest BCUT2D eigenvalue weighted by Gasteiger charge is -2.29. The van der Waals surface area contributed by atoms with Crippen LogP contribution >= 0.6 is 0 Å². The van der Waals surface area contributed by atoms with Crippen LogP contribution in [0.3, 0.4) is 0 Å². The van der Waals surface area contributed by atoms with Gasteiger partial charge in [0.15, 0.2) is 11.6 Å². The molecule has 0 radical (unpaired) electrons. The third kappa shape index (κ3) is 2.72. The molecule has 0 spiro atoms. The van der Waals surface area contributed by atoms with Crippen LogP contribution in [0.15, 0.2) is 60.7 Å². The molecule has 2 heteroatoms. The van der Waals surface area contributed by atoms with Gasteiger partial charge in [0.05, 0.1) is 5.92 Å². The minimum absolute atomic E-state index is 0.0593. The molecule has 2 nitrogen and oxygen atoms in total. The molecule has 0 fully saturated rings. The fourth-order valence-corrected chi connectivity index (χ4v) is 4.78. The fraction of sp³-hybridized carbons (Fsp3) is 0.231. The number of fused-ring (bicyclic) bond motifs is 1. The predicted molar refractivity (Wildman–Crippen MR) is 112 cm³/mol. The summed E-state index contributed by atoms with van der Waals surface area (Å²) in [6, 6.07) is 19.6. The number of ketones is 2. The first-order chi connectivity index (χ1) is 13.4. The molecule has 0 N–H and O–H groups in total. The highest BCUT2D eigenvalue weighted by atomic mass is 16.2. The number of benzene rings is 3. The van der Waals surface area contributed by atoms with Crippen molar-refractivity contribution in [3.8, 4) is 0 Å². The summed E-state index contributed by atoms with van der Waals surface area (Å²) >= 11 is 0. The Bertz CT molecular complexity index is 980. The van der Waals surface area contributed by atoms with Crippen LogP contribution in [-0.2, 0) is 0 Å². The molecule has 3 aromatic carbocycles. The lowest BCUT2D eigenvalue weighted by atomic mass is 9.73. The molecule has 0 heterocycles. The van der Waals surface area contributed by atoms with Crippen molar-refractivity contribution in [1.29, 1.82) is 0 Å². The van der Waals surface area contributed by atoms with Crippen molar-refractivity contribution in [2.24, 2.45) is 5.92 Å². The van der Waals surface area contributed by atoms with Gasteiger partial charge >= 0.3 is 0 Å². The van der Waals surface area contributed by atoms with Crippen LogP contribution in [0, 0.1) is 33.6 Å². The number of Topliss-reactive ketones (excluding diaryl/α,β-unsaturated/α-hetero) is 2. The number of hydrogen-bond donors (Lipinski definition) is 0. The van der Waals surface area contributed by atoms with E-state index >= 15 is 0 Å². The number of carbonyl (C=O) groups is 2. The van der Waals surface area contributed by atoms with E-state index < -0.39 is 5.92 Å². The molecular formula is C26H24O2. The molecule has 28 heavy (non-hydrogen) atoms. The minimum atomic E-state index is -0.711. The zero-order chi connectivity index (χ0) is 20.0. The van der Waals surface area contributed by atoms with E-state index in [9.17, 15) is 9.59 Å². The van der Waals surface area contributed by atoms with Crippen LogP contribution in [0.5, 0.6) is 0 Å². The predicted octanol–water partition coefficient (Wildman–Crippen LogP) is 5.75. The normalized spacial score (nSPS) is 14.0. The third-order valence-corrected chi connectivity index (χ3v) is 6.06. The van der Waals surface area contributed by atoms with Crippen LogP contribution in [0.1, 0.15) is 60.0 Å². The lowest BCUT2D eigenvalue weighted by molar-refractivity contribution is 0.0824. The molecule has 0 bridgehead atoms. The highest BCUT2D eigenvalue weighted by molar-refractivity contribution is 6.27. The van der Waals surface area contributed by atoms with Gasteiger partial charge in [-0.3, -0.25) is 9.59 Å². The zero-order valence-corrected chi connectivity index (χ0v) is 16.7. The Kier molecular flexibility index (Phi) is 4.50. The van der Waals surface area contributed by atoms with E-state index in [1.165, 1.54) is 0 Å². The summed E-state index contributed by atoms with van der Waals surface area (Å²) in [7, 11) is 0. The van der Waals surface area contributed by atoms with Crippen molar-refractivity contribution in [3.05, 3.63) is 105 Å². The number of hydrogen-bond acceptors (Lipinski definition) is 2. The van der Waals surface area contributed by atoms with Crippen molar-refractivity contribution in [3.63, 3.8) is 0 Å². The monoisotopic (exact) mass is 368 g/mol. The summed E-state index contributed by atoms with van der Waals surface area (Å²) in [5.74, 6) is -1.11. The molecule has 0 saturated heterocycles. The molecule has 4 rings (SSSR count). The van der Waals surface area contributed by atoms with Crippen molar-refractivity contribution < 1.29 is 9.59 Å². The molecule has 1 aliphatic carbocycles. The van der Waals surface area contributed by atoms with Crippen LogP contribution < -0.4 is 0 Å². The smallest absolute Gasteiger partial charge is 0.175 e. The van der Waals surface area contributed by atoms with Gasteiger partial charge in [0, 0.05) is 17.0 Å². The summed E-state index contributed by atoms with van der Waals surface area (Å²) in [4.78, 5) is 26.8. The second-order valence-corrected chi connectivity index (χ2v) is 7.84. The van der Waals surface area contributed by atoms with Gasteiger partial charge in [0.25, 0.3) is 0 Å². The highest BCUT2D eigenvalue weighted by Crippen LogP contribution is 2.44. The first-order valence-corrected chi connectivity index (χ1v) is 9.71. The molecule has 0 unspecified atom stereocenters. The minimum Gasteiger partial charge on any atom is -0.293 e. The van der Waals surface area contributed by atoms with Crippen molar-refractivity contribution in [1.82, 2.24) is 0 Å². The maximum absolute atomic E-state index is 13.4. The zero-order valence-electron chi connectivity index (χ0n) is 16.7. The van der Waals surface area contributed by atoms with E-state index in [1.807, 2.05) is 24.3 Å². The SMILES string of the molecule is Cc1cccc(C)c1C(c1c(C)cccc1C)C1C(=O)c2ccccc2C1=O. The van der Waals surface area contributed by atoms with Crippen molar-refractivity contribution in [2.45, 2.75) is 33.6 Å². The molecule has 3 aromatic rings. The second-order valence-electron chi connectivity index (χ2n) is 7.84. The first kappa shape index (κ1) is 18.4. The van der Waals surface area contributed by atoms with Crippen molar-refractivity contribution >= 4 is 11.6 Å². The summed E-state index contributed by atoms with van der Waals surface area (Å²) in [5.41, 5.74) is 7.76. The van der Waals surface area contributed by atoms with Crippen LogP contribution in [0.25, 0.3) is 0 Å². The lowest BCUT2D eigenvalue weighted by Crippen LogP contribution is -2.27. The van der Waals surface area contributed by atoms with E-state index in [4.69, 9.17) is 0 Å². The molecule has 0 aliphatic heterocycles. The van der Waals surface area contributed by atoms with Gasteiger partial charge in [-0.25, -0.2) is 0 Å². The topological polar surface area (TPSA) is 34.1 Å². The van der Waals surface area contributed by atoms with Gasteiger partial charge in [0.1, 0.15) is 0 Å². The second kappa shape index (κ2) is 6.87. The number of rotatable bonds is 3. The fourth-order valence-electron chi connectivity index (χ4n) is 4.78. The van der Waals surface area contributed by atoms with Gasteiger partial charge in [0.2, 0.25) is 0 Å². The summed E-state index contributed by atoms with van der Waals surface area (Å²) in [6.07, 6.45) is 0. The average Bonchev–Trinajstić information content (AvgIpc) is 2.91.